The Morgan fingerprint density at radius 2 is 2.04 bits per heavy atom. The van der Waals surface area contributed by atoms with E-state index < -0.39 is 0 Å². The zero-order valence-corrected chi connectivity index (χ0v) is 16.2. The van der Waals surface area contributed by atoms with Crippen molar-refractivity contribution in [1.82, 2.24) is 10.1 Å². The highest BCUT2D eigenvalue weighted by atomic mass is 35.5. The van der Waals surface area contributed by atoms with Gasteiger partial charge in [0.25, 0.3) is 5.91 Å². The lowest BCUT2D eigenvalue weighted by molar-refractivity contribution is 0.102. The highest BCUT2D eigenvalue weighted by Gasteiger charge is 2.23. The number of ether oxygens (including phenoxy) is 1. The maximum atomic E-state index is 12.6. The largest absolute Gasteiger partial charge is 0.496 e. The summed E-state index contributed by atoms with van der Waals surface area (Å²) in [6.07, 6.45) is 4.61. The second-order valence-corrected chi connectivity index (χ2v) is 7.25. The number of anilines is 1. The summed E-state index contributed by atoms with van der Waals surface area (Å²) < 4.78 is 10.7. The van der Waals surface area contributed by atoms with Crippen LogP contribution in [0.25, 0.3) is 11.4 Å². The number of carbonyl (C=O) groups excluding carboxylic acids is 1. The average molecular weight is 398 g/mol. The molecule has 0 radical (unpaired) electrons. The normalized spacial score (nSPS) is 14.2. The van der Waals surface area contributed by atoms with Crippen molar-refractivity contribution in [3.63, 3.8) is 0 Å². The molecule has 28 heavy (non-hydrogen) atoms. The molecule has 3 aromatic rings. The van der Waals surface area contributed by atoms with Crippen molar-refractivity contribution in [2.75, 3.05) is 12.4 Å². The van der Waals surface area contributed by atoms with Crippen LogP contribution in [0.2, 0.25) is 5.02 Å². The zero-order valence-electron chi connectivity index (χ0n) is 15.4. The zero-order chi connectivity index (χ0) is 19.5. The van der Waals surface area contributed by atoms with Crippen LogP contribution in [0.4, 0.5) is 5.69 Å². The molecule has 1 saturated carbocycles. The lowest BCUT2D eigenvalue weighted by Gasteiger charge is -2.10. The number of rotatable bonds is 5. The van der Waals surface area contributed by atoms with E-state index in [1.54, 1.807) is 18.2 Å². The van der Waals surface area contributed by atoms with Crippen molar-refractivity contribution in [3.05, 3.63) is 58.9 Å². The molecule has 1 aliphatic carbocycles. The summed E-state index contributed by atoms with van der Waals surface area (Å²) in [5.41, 5.74) is 1.82. The molecule has 144 valence electrons. The lowest BCUT2D eigenvalue weighted by Crippen LogP contribution is -2.13. The monoisotopic (exact) mass is 397 g/mol. The van der Waals surface area contributed by atoms with Gasteiger partial charge in [-0.05, 0) is 43.2 Å². The Hall–Kier alpha value is -2.86. The second kappa shape index (κ2) is 8.02. The minimum atomic E-state index is -0.287. The molecule has 1 fully saturated rings. The number of carbonyl (C=O) groups is 1. The van der Waals surface area contributed by atoms with Crippen LogP contribution in [0, 0.1) is 0 Å². The summed E-state index contributed by atoms with van der Waals surface area (Å²) in [6, 6.07) is 12.3. The van der Waals surface area contributed by atoms with Crippen molar-refractivity contribution in [3.8, 4) is 17.1 Å². The second-order valence-electron chi connectivity index (χ2n) is 6.82. The van der Waals surface area contributed by atoms with Gasteiger partial charge in [-0.3, -0.25) is 4.79 Å². The third-order valence-corrected chi connectivity index (χ3v) is 5.17. The number of methoxy groups -OCH3 is 1. The number of benzene rings is 2. The molecule has 4 rings (SSSR count). The number of amides is 1. The number of hydrogen-bond donors (Lipinski definition) is 1. The highest BCUT2D eigenvalue weighted by Crippen LogP contribution is 2.34. The Balaban J connectivity index is 1.53. The number of nitrogens with zero attached hydrogens (tertiary/aromatic N) is 2. The van der Waals surface area contributed by atoms with Gasteiger partial charge in [-0.1, -0.05) is 41.7 Å². The first-order valence-corrected chi connectivity index (χ1v) is 9.61. The van der Waals surface area contributed by atoms with Crippen LogP contribution >= 0.6 is 11.6 Å². The van der Waals surface area contributed by atoms with Gasteiger partial charge < -0.3 is 14.6 Å². The number of aromatic nitrogens is 2. The number of halogens is 1. The molecule has 0 spiro atoms. The molecular formula is C21H20ClN3O3. The fourth-order valence-corrected chi connectivity index (χ4v) is 3.64. The highest BCUT2D eigenvalue weighted by molar-refractivity contribution is 6.31. The Morgan fingerprint density at radius 1 is 1.21 bits per heavy atom. The SMILES string of the molecule is COc1cc(Cl)ccc1C(=O)Nc1cccc(-c2noc(C3CCCC3)n2)c1. The van der Waals surface area contributed by atoms with Crippen LogP contribution in [0.5, 0.6) is 5.75 Å². The van der Waals surface area contributed by atoms with E-state index in [1.165, 1.54) is 20.0 Å². The minimum Gasteiger partial charge on any atom is -0.496 e. The molecule has 0 saturated heterocycles. The topological polar surface area (TPSA) is 77.2 Å². The van der Waals surface area contributed by atoms with Gasteiger partial charge in [0.2, 0.25) is 11.7 Å². The van der Waals surface area contributed by atoms with Crippen molar-refractivity contribution in [1.29, 1.82) is 0 Å². The van der Waals surface area contributed by atoms with Gasteiger partial charge >= 0.3 is 0 Å². The summed E-state index contributed by atoms with van der Waals surface area (Å²) >= 11 is 5.96. The van der Waals surface area contributed by atoms with Crippen LogP contribution in [0.1, 0.15) is 47.8 Å². The average Bonchev–Trinajstić information content (AvgIpc) is 3.39. The van der Waals surface area contributed by atoms with Gasteiger partial charge in [-0.2, -0.15) is 4.98 Å². The maximum absolute atomic E-state index is 12.6. The molecule has 6 nitrogen and oxygen atoms in total. The van der Waals surface area contributed by atoms with E-state index in [2.05, 4.69) is 15.5 Å². The first-order chi connectivity index (χ1) is 13.6. The van der Waals surface area contributed by atoms with Gasteiger partial charge in [0.15, 0.2) is 0 Å². The smallest absolute Gasteiger partial charge is 0.259 e. The fraction of sp³-hybridized carbons (Fsp3) is 0.286. The molecule has 2 aromatic carbocycles. The van der Waals surface area contributed by atoms with E-state index in [0.29, 0.717) is 39.7 Å². The number of nitrogens with one attached hydrogen (secondary N) is 1. The Morgan fingerprint density at radius 3 is 2.82 bits per heavy atom. The van der Waals surface area contributed by atoms with Crippen molar-refractivity contribution >= 4 is 23.2 Å². The third-order valence-electron chi connectivity index (χ3n) is 4.93. The molecule has 0 unspecified atom stereocenters. The molecule has 0 bridgehead atoms. The molecule has 1 N–H and O–H groups in total. The van der Waals surface area contributed by atoms with Gasteiger partial charge in [-0.25, -0.2) is 0 Å². The predicted molar refractivity (Wildman–Crippen MR) is 107 cm³/mol. The fourth-order valence-electron chi connectivity index (χ4n) is 3.48. The van der Waals surface area contributed by atoms with Crippen LogP contribution < -0.4 is 10.1 Å². The molecule has 0 atom stereocenters. The summed E-state index contributed by atoms with van der Waals surface area (Å²) in [5, 5.41) is 7.49. The van der Waals surface area contributed by atoms with E-state index >= 15 is 0 Å². The first-order valence-electron chi connectivity index (χ1n) is 9.23. The Labute approximate surface area is 167 Å². The van der Waals surface area contributed by atoms with Gasteiger partial charge in [0.05, 0.1) is 12.7 Å². The number of hydrogen-bond acceptors (Lipinski definition) is 5. The lowest BCUT2D eigenvalue weighted by atomic mass is 10.1. The molecule has 1 aromatic heterocycles. The molecule has 1 aliphatic rings. The van der Waals surface area contributed by atoms with Crippen LogP contribution in [0.15, 0.2) is 47.0 Å². The Kier molecular flexibility index (Phi) is 5.30. The standard InChI is InChI=1S/C21H20ClN3O3/c1-27-18-12-15(22)9-10-17(18)20(26)23-16-8-4-7-14(11-16)19-24-21(28-25-19)13-5-2-3-6-13/h4,7-13H,2-3,5-6H2,1H3,(H,23,26). The summed E-state index contributed by atoms with van der Waals surface area (Å²) in [4.78, 5) is 17.2. The summed E-state index contributed by atoms with van der Waals surface area (Å²) in [5.74, 6) is 1.72. The van der Waals surface area contributed by atoms with Crippen molar-refractivity contribution in [2.45, 2.75) is 31.6 Å². The van der Waals surface area contributed by atoms with Gasteiger partial charge in [0, 0.05) is 22.2 Å². The maximum Gasteiger partial charge on any atom is 0.259 e. The van der Waals surface area contributed by atoms with Crippen molar-refractivity contribution in [2.24, 2.45) is 0 Å². The quantitative estimate of drug-likeness (QED) is 0.631. The molecule has 1 heterocycles. The Bertz CT molecular complexity index is 996. The van der Waals surface area contributed by atoms with Gasteiger partial charge in [0.1, 0.15) is 5.75 Å². The van der Waals surface area contributed by atoms with Gasteiger partial charge in [-0.15, -0.1) is 0 Å². The van der Waals surface area contributed by atoms with E-state index in [-0.39, 0.29) is 5.91 Å². The van der Waals surface area contributed by atoms with Crippen molar-refractivity contribution < 1.29 is 14.1 Å². The molecule has 0 aliphatic heterocycles. The van der Waals surface area contributed by atoms with E-state index in [0.717, 1.165) is 18.4 Å². The van der Waals surface area contributed by atoms with E-state index in [9.17, 15) is 4.79 Å². The van der Waals surface area contributed by atoms with E-state index in [4.69, 9.17) is 20.9 Å². The summed E-state index contributed by atoms with van der Waals surface area (Å²) in [6.45, 7) is 0. The summed E-state index contributed by atoms with van der Waals surface area (Å²) in [7, 11) is 1.50. The predicted octanol–water partition coefficient (Wildman–Crippen LogP) is 5.31. The minimum absolute atomic E-state index is 0.287. The van der Waals surface area contributed by atoms with Crippen LogP contribution in [-0.4, -0.2) is 23.2 Å². The molecular weight excluding hydrogens is 378 g/mol. The van der Waals surface area contributed by atoms with Crippen LogP contribution in [-0.2, 0) is 0 Å². The molecule has 7 heteroatoms. The molecule has 1 amide bonds. The van der Waals surface area contributed by atoms with E-state index in [1.807, 2.05) is 24.3 Å². The third kappa shape index (κ3) is 3.87. The first kappa shape index (κ1) is 18.5. The van der Waals surface area contributed by atoms with Crippen LogP contribution in [0.3, 0.4) is 0 Å².